The second-order valence-electron chi connectivity index (χ2n) is 7.18. The Balaban J connectivity index is 1.66. The van der Waals surface area contributed by atoms with Gasteiger partial charge in [0.2, 0.25) is 0 Å². The lowest BCUT2D eigenvalue weighted by atomic mass is 10.0. The standard InChI is InChI=1S/C19H22ClN3O5/c1-19(2,22-7-9-27-10-8-22)12-21-18(24)17-6-5-16(28-17)14-4-3-13(23(25)26)11-15(14)20/h3-6,11H,7-10,12H2,1-2H3,(H,21,24). The largest absolute Gasteiger partial charge is 0.451 e. The predicted molar refractivity (Wildman–Crippen MR) is 105 cm³/mol. The molecule has 0 bridgehead atoms. The van der Waals surface area contributed by atoms with Gasteiger partial charge in [0, 0.05) is 42.9 Å². The van der Waals surface area contributed by atoms with E-state index < -0.39 is 4.92 Å². The topological polar surface area (TPSA) is 97.8 Å². The summed E-state index contributed by atoms with van der Waals surface area (Å²) in [5.74, 6) is 0.199. The first-order chi connectivity index (χ1) is 13.3. The fraction of sp³-hybridized carbons (Fsp3) is 0.421. The Labute approximate surface area is 167 Å². The summed E-state index contributed by atoms with van der Waals surface area (Å²) in [7, 11) is 0. The second-order valence-corrected chi connectivity index (χ2v) is 7.59. The predicted octanol–water partition coefficient (Wildman–Crippen LogP) is 3.35. The average molecular weight is 408 g/mol. The average Bonchev–Trinajstić information content (AvgIpc) is 3.16. The summed E-state index contributed by atoms with van der Waals surface area (Å²) in [6.07, 6.45) is 0. The molecule has 0 atom stereocenters. The first-order valence-electron chi connectivity index (χ1n) is 8.93. The molecule has 1 N–H and O–H groups in total. The van der Waals surface area contributed by atoms with Gasteiger partial charge in [0.1, 0.15) is 5.76 Å². The van der Waals surface area contributed by atoms with Crippen molar-refractivity contribution in [2.75, 3.05) is 32.8 Å². The van der Waals surface area contributed by atoms with Crippen LogP contribution in [0, 0.1) is 10.1 Å². The molecule has 0 aliphatic carbocycles. The van der Waals surface area contributed by atoms with E-state index in [1.807, 2.05) is 0 Å². The number of furan rings is 1. The number of carbonyl (C=O) groups is 1. The Morgan fingerprint density at radius 2 is 2.00 bits per heavy atom. The third-order valence-electron chi connectivity index (χ3n) is 4.81. The van der Waals surface area contributed by atoms with Gasteiger partial charge >= 0.3 is 0 Å². The third kappa shape index (κ3) is 4.52. The quantitative estimate of drug-likeness (QED) is 0.582. The molecular weight excluding hydrogens is 386 g/mol. The number of hydrogen-bond acceptors (Lipinski definition) is 6. The van der Waals surface area contributed by atoms with Crippen LogP contribution in [0.4, 0.5) is 5.69 Å². The number of amides is 1. The number of ether oxygens (including phenoxy) is 1. The Morgan fingerprint density at radius 1 is 1.29 bits per heavy atom. The molecule has 1 aliphatic rings. The second kappa shape index (κ2) is 8.30. The third-order valence-corrected chi connectivity index (χ3v) is 5.12. The Bertz CT molecular complexity index is 874. The fourth-order valence-corrected chi connectivity index (χ4v) is 3.35. The van der Waals surface area contributed by atoms with Crippen LogP contribution in [0.1, 0.15) is 24.4 Å². The van der Waals surface area contributed by atoms with Crippen LogP contribution in [0.3, 0.4) is 0 Å². The van der Waals surface area contributed by atoms with Crippen molar-refractivity contribution in [3.63, 3.8) is 0 Å². The Kier molecular flexibility index (Phi) is 6.02. The molecule has 2 heterocycles. The summed E-state index contributed by atoms with van der Waals surface area (Å²) in [4.78, 5) is 25.1. The maximum Gasteiger partial charge on any atom is 0.287 e. The summed E-state index contributed by atoms with van der Waals surface area (Å²) in [5.41, 5.74) is 0.167. The van der Waals surface area contributed by atoms with E-state index in [0.29, 0.717) is 31.1 Å². The van der Waals surface area contributed by atoms with E-state index in [2.05, 4.69) is 24.1 Å². The van der Waals surface area contributed by atoms with E-state index in [4.69, 9.17) is 20.8 Å². The lowest BCUT2D eigenvalue weighted by Gasteiger charge is -2.40. The molecule has 0 radical (unpaired) electrons. The number of nitrogens with one attached hydrogen (secondary N) is 1. The number of nitro groups is 1. The maximum absolute atomic E-state index is 12.5. The number of rotatable bonds is 6. The number of morpholine rings is 1. The molecule has 28 heavy (non-hydrogen) atoms. The van der Waals surface area contributed by atoms with Crippen molar-refractivity contribution in [1.29, 1.82) is 0 Å². The number of halogens is 1. The van der Waals surface area contributed by atoms with E-state index in [1.165, 1.54) is 18.2 Å². The lowest BCUT2D eigenvalue weighted by molar-refractivity contribution is -0.384. The van der Waals surface area contributed by atoms with Crippen LogP contribution in [0.5, 0.6) is 0 Å². The van der Waals surface area contributed by atoms with Gasteiger partial charge in [-0.1, -0.05) is 11.6 Å². The van der Waals surface area contributed by atoms with Gasteiger partial charge in [0.25, 0.3) is 11.6 Å². The van der Waals surface area contributed by atoms with E-state index in [9.17, 15) is 14.9 Å². The number of non-ortho nitro benzene ring substituents is 1. The summed E-state index contributed by atoms with van der Waals surface area (Å²) in [6, 6.07) is 7.28. The molecule has 150 valence electrons. The highest BCUT2D eigenvalue weighted by Gasteiger charge is 2.29. The molecule has 0 saturated carbocycles. The molecule has 1 aliphatic heterocycles. The van der Waals surface area contributed by atoms with Gasteiger partial charge in [-0.05, 0) is 32.0 Å². The van der Waals surface area contributed by atoms with E-state index in [-0.39, 0.29) is 27.9 Å². The fourth-order valence-electron chi connectivity index (χ4n) is 3.09. The minimum Gasteiger partial charge on any atom is -0.451 e. The van der Waals surface area contributed by atoms with E-state index >= 15 is 0 Å². The highest BCUT2D eigenvalue weighted by atomic mass is 35.5. The number of nitro benzene ring substituents is 1. The highest BCUT2D eigenvalue weighted by molar-refractivity contribution is 6.33. The minimum atomic E-state index is -0.521. The zero-order valence-electron chi connectivity index (χ0n) is 15.7. The molecule has 0 unspecified atom stereocenters. The monoisotopic (exact) mass is 407 g/mol. The molecule has 1 aromatic heterocycles. The Hall–Kier alpha value is -2.42. The SMILES string of the molecule is CC(C)(CNC(=O)c1ccc(-c2ccc([N+](=O)[O-])cc2Cl)o1)N1CCOCC1. The first-order valence-corrected chi connectivity index (χ1v) is 9.31. The van der Waals surface area contributed by atoms with E-state index in [1.54, 1.807) is 12.1 Å². The van der Waals surface area contributed by atoms with Crippen molar-refractivity contribution in [3.05, 3.63) is 51.2 Å². The highest BCUT2D eigenvalue weighted by Crippen LogP contribution is 2.32. The van der Waals surface area contributed by atoms with Gasteiger partial charge in [-0.3, -0.25) is 19.8 Å². The van der Waals surface area contributed by atoms with Crippen LogP contribution in [-0.2, 0) is 4.74 Å². The molecule has 0 spiro atoms. The van der Waals surface area contributed by atoms with Gasteiger partial charge in [-0.15, -0.1) is 0 Å². The number of carbonyl (C=O) groups excluding carboxylic acids is 1. The van der Waals surface area contributed by atoms with Crippen molar-refractivity contribution in [1.82, 2.24) is 10.2 Å². The van der Waals surface area contributed by atoms with Crippen LogP contribution in [0.2, 0.25) is 5.02 Å². The normalized spacial score (nSPS) is 15.4. The van der Waals surface area contributed by atoms with Gasteiger partial charge in [0.15, 0.2) is 5.76 Å². The summed E-state index contributed by atoms with van der Waals surface area (Å²) in [5, 5.41) is 13.9. The summed E-state index contributed by atoms with van der Waals surface area (Å²) < 4.78 is 11.0. The zero-order valence-corrected chi connectivity index (χ0v) is 16.5. The van der Waals surface area contributed by atoms with Crippen molar-refractivity contribution in [2.24, 2.45) is 0 Å². The molecule has 8 nitrogen and oxygen atoms in total. The van der Waals surface area contributed by atoms with Gasteiger partial charge < -0.3 is 14.5 Å². The van der Waals surface area contributed by atoms with E-state index in [0.717, 1.165) is 13.1 Å². The van der Waals surface area contributed by atoms with Crippen molar-refractivity contribution in [2.45, 2.75) is 19.4 Å². The van der Waals surface area contributed by atoms with Gasteiger partial charge in [-0.2, -0.15) is 0 Å². The van der Waals surface area contributed by atoms with Crippen LogP contribution in [0.25, 0.3) is 11.3 Å². The van der Waals surface area contributed by atoms with Crippen molar-refractivity contribution >= 4 is 23.2 Å². The van der Waals surface area contributed by atoms with Crippen LogP contribution < -0.4 is 5.32 Å². The van der Waals surface area contributed by atoms with Crippen LogP contribution in [-0.4, -0.2) is 54.1 Å². The first kappa shape index (κ1) is 20.3. The molecule has 2 aromatic rings. The smallest absolute Gasteiger partial charge is 0.287 e. The maximum atomic E-state index is 12.5. The van der Waals surface area contributed by atoms with Crippen LogP contribution >= 0.6 is 11.6 Å². The minimum absolute atomic E-state index is 0.108. The lowest BCUT2D eigenvalue weighted by Crippen LogP contribution is -2.55. The Morgan fingerprint density at radius 3 is 2.64 bits per heavy atom. The number of benzene rings is 1. The molecule has 1 amide bonds. The molecule has 9 heteroatoms. The number of nitrogens with zero attached hydrogens (tertiary/aromatic N) is 2. The van der Waals surface area contributed by atoms with Crippen molar-refractivity contribution < 1.29 is 18.9 Å². The summed E-state index contributed by atoms with van der Waals surface area (Å²) in [6.45, 7) is 7.63. The number of hydrogen-bond donors (Lipinski definition) is 1. The molecule has 1 aromatic carbocycles. The van der Waals surface area contributed by atoms with Crippen molar-refractivity contribution in [3.8, 4) is 11.3 Å². The molecule has 1 fully saturated rings. The van der Waals surface area contributed by atoms with Crippen LogP contribution in [0.15, 0.2) is 34.7 Å². The molecule has 1 saturated heterocycles. The molecule has 3 rings (SSSR count). The summed E-state index contributed by atoms with van der Waals surface area (Å²) >= 11 is 6.12. The zero-order chi connectivity index (χ0) is 20.3. The van der Waals surface area contributed by atoms with Gasteiger partial charge in [0.05, 0.1) is 23.2 Å². The molecular formula is C19H22ClN3O5. The van der Waals surface area contributed by atoms with Gasteiger partial charge in [-0.25, -0.2) is 0 Å².